The van der Waals surface area contributed by atoms with Gasteiger partial charge in [0.2, 0.25) is 0 Å². The smallest absolute Gasteiger partial charge is 0.121 e. The van der Waals surface area contributed by atoms with Crippen molar-refractivity contribution in [3.63, 3.8) is 0 Å². The van der Waals surface area contributed by atoms with Gasteiger partial charge in [-0.15, -0.1) is 0 Å². The lowest BCUT2D eigenvalue weighted by Gasteiger charge is -2.06. The van der Waals surface area contributed by atoms with Crippen LogP contribution in [0, 0.1) is 0 Å². The third-order valence-electron chi connectivity index (χ3n) is 3.07. The summed E-state index contributed by atoms with van der Waals surface area (Å²) >= 11 is 6.14. The van der Waals surface area contributed by atoms with Gasteiger partial charge in [-0.05, 0) is 24.3 Å². The maximum absolute atomic E-state index is 6.14. The van der Waals surface area contributed by atoms with Crippen molar-refractivity contribution in [1.82, 2.24) is 19.7 Å². The molecule has 0 saturated carbocycles. The van der Waals surface area contributed by atoms with E-state index in [2.05, 4.69) is 15.1 Å². The van der Waals surface area contributed by atoms with Crippen molar-refractivity contribution >= 4 is 11.6 Å². The lowest BCUT2D eigenvalue weighted by Crippen LogP contribution is -1.90. The number of aromatic nitrogens is 4. The van der Waals surface area contributed by atoms with Gasteiger partial charge in [-0.2, -0.15) is 5.10 Å². The molecule has 3 rings (SSSR count). The largest absolute Gasteiger partial charge is 0.497 e. The standard InChI is InChI=1S/C15H13ClN4O/c1-20-8-13(14-3-4-17-9-18-14)15(19-20)10-5-11(16)7-12(6-10)21-2/h3-9H,1-2H3. The number of hydrogen-bond donors (Lipinski definition) is 0. The first-order chi connectivity index (χ1) is 10.2. The number of hydrogen-bond acceptors (Lipinski definition) is 4. The van der Waals surface area contributed by atoms with Crippen molar-refractivity contribution < 1.29 is 4.74 Å². The van der Waals surface area contributed by atoms with E-state index in [0.29, 0.717) is 10.8 Å². The predicted octanol–water partition coefficient (Wildman–Crippen LogP) is 3.21. The first-order valence-corrected chi connectivity index (χ1v) is 6.70. The fourth-order valence-corrected chi connectivity index (χ4v) is 2.38. The minimum atomic E-state index is 0.601. The molecule has 0 aliphatic rings. The Kier molecular flexibility index (Phi) is 3.58. The molecule has 1 aromatic carbocycles. The van der Waals surface area contributed by atoms with E-state index in [1.807, 2.05) is 31.4 Å². The average molecular weight is 301 g/mol. The molecule has 0 fully saturated rings. The van der Waals surface area contributed by atoms with Crippen LogP contribution in [0.5, 0.6) is 5.75 Å². The molecule has 0 radical (unpaired) electrons. The van der Waals surface area contributed by atoms with Crippen LogP contribution in [0.2, 0.25) is 5.02 Å². The van der Waals surface area contributed by atoms with Crippen LogP contribution in [0.25, 0.3) is 22.5 Å². The quantitative estimate of drug-likeness (QED) is 0.745. The normalized spacial score (nSPS) is 10.6. The molecule has 5 nitrogen and oxygen atoms in total. The molecule has 0 atom stereocenters. The lowest BCUT2D eigenvalue weighted by molar-refractivity contribution is 0.415. The van der Waals surface area contributed by atoms with Crippen LogP contribution in [0.3, 0.4) is 0 Å². The molecule has 6 heteroatoms. The van der Waals surface area contributed by atoms with Gasteiger partial charge in [0.15, 0.2) is 0 Å². The maximum Gasteiger partial charge on any atom is 0.121 e. The minimum Gasteiger partial charge on any atom is -0.497 e. The third-order valence-corrected chi connectivity index (χ3v) is 3.29. The molecule has 106 valence electrons. The van der Waals surface area contributed by atoms with Crippen molar-refractivity contribution in [2.45, 2.75) is 0 Å². The predicted molar refractivity (Wildman–Crippen MR) is 81.2 cm³/mol. The number of ether oxygens (including phenoxy) is 1. The van der Waals surface area contributed by atoms with Gasteiger partial charge >= 0.3 is 0 Å². The second-order valence-corrected chi connectivity index (χ2v) is 4.98. The number of rotatable bonds is 3. The number of methoxy groups -OCH3 is 1. The monoisotopic (exact) mass is 300 g/mol. The molecule has 3 aromatic rings. The third kappa shape index (κ3) is 2.73. The van der Waals surface area contributed by atoms with Crippen LogP contribution in [0.1, 0.15) is 0 Å². The van der Waals surface area contributed by atoms with E-state index in [4.69, 9.17) is 16.3 Å². The number of aryl methyl sites for hydroxylation is 1. The van der Waals surface area contributed by atoms with Gasteiger partial charge in [-0.25, -0.2) is 9.97 Å². The summed E-state index contributed by atoms with van der Waals surface area (Å²) in [5, 5.41) is 5.12. The molecule has 0 spiro atoms. The Morgan fingerprint density at radius 3 is 2.81 bits per heavy atom. The van der Waals surface area contributed by atoms with Crippen LogP contribution >= 0.6 is 11.6 Å². The molecule has 0 saturated heterocycles. The molecule has 0 amide bonds. The fraction of sp³-hybridized carbons (Fsp3) is 0.133. The Morgan fingerprint density at radius 1 is 1.24 bits per heavy atom. The maximum atomic E-state index is 6.14. The van der Waals surface area contributed by atoms with Crippen molar-refractivity contribution in [3.8, 4) is 28.3 Å². The van der Waals surface area contributed by atoms with E-state index >= 15 is 0 Å². The highest BCUT2D eigenvalue weighted by atomic mass is 35.5. The molecular weight excluding hydrogens is 288 g/mol. The minimum absolute atomic E-state index is 0.601. The Morgan fingerprint density at radius 2 is 2.10 bits per heavy atom. The summed E-state index contributed by atoms with van der Waals surface area (Å²) in [7, 11) is 3.48. The number of benzene rings is 1. The van der Waals surface area contributed by atoms with Gasteiger partial charge in [0.05, 0.1) is 12.8 Å². The summed E-state index contributed by atoms with van der Waals surface area (Å²) in [4.78, 5) is 8.23. The van der Waals surface area contributed by atoms with Crippen LogP contribution in [-0.2, 0) is 7.05 Å². The summed E-state index contributed by atoms with van der Waals surface area (Å²) in [6, 6.07) is 7.37. The van der Waals surface area contributed by atoms with Crippen LogP contribution < -0.4 is 4.74 Å². The van der Waals surface area contributed by atoms with Gasteiger partial charge in [0.1, 0.15) is 17.8 Å². The Labute approximate surface area is 127 Å². The average Bonchev–Trinajstić information content (AvgIpc) is 2.89. The Bertz CT molecular complexity index is 771. The summed E-state index contributed by atoms with van der Waals surface area (Å²) in [5.41, 5.74) is 3.42. The first-order valence-electron chi connectivity index (χ1n) is 6.32. The van der Waals surface area contributed by atoms with Crippen molar-refractivity contribution in [2.24, 2.45) is 7.05 Å². The zero-order valence-electron chi connectivity index (χ0n) is 11.6. The van der Waals surface area contributed by atoms with Crippen molar-refractivity contribution in [3.05, 3.63) is 48.0 Å². The van der Waals surface area contributed by atoms with E-state index in [1.165, 1.54) is 6.33 Å². The van der Waals surface area contributed by atoms with Gasteiger partial charge in [0, 0.05) is 35.6 Å². The molecular formula is C15H13ClN4O. The van der Waals surface area contributed by atoms with E-state index in [1.54, 1.807) is 24.1 Å². The van der Waals surface area contributed by atoms with Gasteiger partial charge in [-0.3, -0.25) is 4.68 Å². The SMILES string of the molecule is COc1cc(Cl)cc(-c2nn(C)cc2-c2ccncn2)c1. The van der Waals surface area contributed by atoms with Crippen LogP contribution in [0.15, 0.2) is 43.0 Å². The highest BCUT2D eigenvalue weighted by Crippen LogP contribution is 2.33. The van der Waals surface area contributed by atoms with Gasteiger partial charge in [-0.1, -0.05) is 11.6 Å². The molecule has 2 aromatic heterocycles. The highest BCUT2D eigenvalue weighted by Gasteiger charge is 2.14. The first kappa shape index (κ1) is 13.6. The Balaban J connectivity index is 2.18. The molecule has 0 aliphatic carbocycles. The zero-order chi connectivity index (χ0) is 14.8. The topological polar surface area (TPSA) is 52.8 Å². The van der Waals surface area contributed by atoms with E-state index < -0.39 is 0 Å². The zero-order valence-corrected chi connectivity index (χ0v) is 12.4. The van der Waals surface area contributed by atoms with E-state index in [0.717, 1.165) is 22.5 Å². The van der Waals surface area contributed by atoms with E-state index in [-0.39, 0.29) is 0 Å². The summed E-state index contributed by atoms with van der Waals surface area (Å²) in [6.07, 6.45) is 5.15. The molecule has 0 N–H and O–H groups in total. The van der Waals surface area contributed by atoms with Crippen LogP contribution in [-0.4, -0.2) is 26.9 Å². The lowest BCUT2D eigenvalue weighted by atomic mass is 10.1. The Hall–Kier alpha value is -2.40. The fourth-order valence-electron chi connectivity index (χ4n) is 2.16. The van der Waals surface area contributed by atoms with Crippen molar-refractivity contribution in [1.29, 1.82) is 0 Å². The molecule has 0 aliphatic heterocycles. The molecule has 0 bridgehead atoms. The number of nitrogens with zero attached hydrogens (tertiary/aromatic N) is 4. The second-order valence-electron chi connectivity index (χ2n) is 4.54. The summed E-state index contributed by atoms with van der Waals surface area (Å²) in [5.74, 6) is 0.691. The van der Waals surface area contributed by atoms with Gasteiger partial charge < -0.3 is 4.74 Å². The summed E-state index contributed by atoms with van der Waals surface area (Å²) in [6.45, 7) is 0. The molecule has 2 heterocycles. The highest BCUT2D eigenvalue weighted by molar-refractivity contribution is 6.31. The van der Waals surface area contributed by atoms with Gasteiger partial charge in [0.25, 0.3) is 0 Å². The molecule has 0 unspecified atom stereocenters. The molecule has 21 heavy (non-hydrogen) atoms. The summed E-state index contributed by atoms with van der Waals surface area (Å²) < 4.78 is 7.02. The second kappa shape index (κ2) is 5.54. The number of halogens is 1. The van der Waals surface area contributed by atoms with Crippen molar-refractivity contribution in [2.75, 3.05) is 7.11 Å². The van der Waals surface area contributed by atoms with E-state index in [9.17, 15) is 0 Å². The van der Waals surface area contributed by atoms with Crippen LogP contribution in [0.4, 0.5) is 0 Å².